The van der Waals surface area contributed by atoms with Crippen LogP contribution in [0.3, 0.4) is 0 Å². The molecule has 0 aromatic heterocycles. The number of ether oxygens (including phenoxy) is 3. The van der Waals surface area contributed by atoms with Gasteiger partial charge in [0.2, 0.25) is 5.91 Å². The summed E-state index contributed by atoms with van der Waals surface area (Å²) in [4.78, 5) is 39.7. The van der Waals surface area contributed by atoms with Crippen molar-refractivity contribution in [2.24, 2.45) is 11.8 Å². The van der Waals surface area contributed by atoms with E-state index in [1.165, 1.54) is 23.4 Å². The summed E-state index contributed by atoms with van der Waals surface area (Å²) in [5, 5.41) is 1.49. The van der Waals surface area contributed by atoms with Gasteiger partial charge in [-0.3, -0.25) is 9.10 Å². The number of hydrogen-bond donors (Lipinski definition) is 0. The molecular formula is C32H42N2O9SSi. The first-order valence-electron chi connectivity index (χ1n) is 15.5. The summed E-state index contributed by atoms with van der Waals surface area (Å²) in [7, 11) is -3.35. The van der Waals surface area contributed by atoms with Gasteiger partial charge in [0, 0.05) is 17.9 Å². The van der Waals surface area contributed by atoms with Crippen molar-refractivity contribution >= 4 is 52.8 Å². The Hall–Kier alpha value is -3.42. The number of fused-ring (bicyclic) bond motifs is 1. The number of amides is 1. The van der Waals surface area contributed by atoms with Gasteiger partial charge in [0.1, 0.15) is 11.8 Å². The zero-order valence-corrected chi connectivity index (χ0v) is 28.7. The first kappa shape index (κ1) is 33.0. The molecular weight excluding hydrogens is 617 g/mol. The van der Waals surface area contributed by atoms with Crippen LogP contribution in [0.4, 0.5) is 10.5 Å². The summed E-state index contributed by atoms with van der Waals surface area (Å²) in [5.41, 5.74) is 2.04. The summed E-state index contributed by atoms with van der Waals surface area (Å²) in [6.45, 7) is 10.5. The van der Waals surface area contributed by atoms with Crippen LogP contribution in [0.25, 0.3) is 10.8 Å². The maximum atomic E-state index is 14.1. The van der Waals surface area contributed by atoms with E-state index < -0.39 is 60.4 Å². The van der Waals surface area contributed by atoms with Crippen molar-refractivity contribution in [1.82, 2.24) is 4.90 Å². The minimum Gasteiger partial charge on any atom is -0.464 e. The third-order valence-corrected chi connectivity index (χ3v) is 16.5. The molecule has 0 unspecified atom stereocenters. The second-order valence-electron chi connectivity index (χ2n) is 11.9. The molecule has 0 spiro atoms. The lowest BCUT2D eigenvalue weighted by atomic mass is 9.77. The minimum atomic E-state index is -3.98. The number of nitrogens with zero attached hydrogens (tertiary/aromatic N) is 2. The van der Waals surface area contributed by atoms with Crippen molar-refractivity contribution in [3.63, 3.8) is 0 Å². The van der Waals surface area contributed by atoms with Crippen molar-refractivity contribution in [3.8, 4) is 0 Å². The van der Waals surface area contributed by atoms with Crippen molar-refractivity contribution in [2.75, 3.05) is 31.7 Å². The topological polar surface area (TPSA) is 129 Å². The van der Waals surface area contributed by atoms with Crippen LogP contribution in [-0.2, 0) is 44.7 Å². The second kappa shape index (κ2) is 12.4. The van der Waals surface area contributed by atoms with Crippen LogP contribution < -0.4 is 4.31 Å². The number of methoxy groups -OCH3 is 2. The van der Waals surface area contributed by atoms with Gasteiger partial charge in [0.05, 0.1) is 43.3 Å². The highest BCUT2D eigenvalue weighted by Gasteiger charge is 2.61. The number of esters is 1. The smallest absolute Gasteiger partial charge is 0.464 e. The van der Waals surface area contributed by atoms with E-state index in [0.29, 0.717) is 29.7 Å². The number of carbonyl (C=O) groups excluding carboxylic acids is 3. The first-order valence-corrected chi connectivity index (χ1v) is 19.5. The van der Waals surface area contributed by atoms with E-state index in [1.54, 1.807) is 19.1 Å². The first-order chi connectivity index (χ1) is 21.4. The largest absolute Gasteiger partial charge is 0.508 e. The van der Waals surface area contributed by atoms with Crippen LogP contribution in [0.1, 0.15) is 40.2 Å². The standard InChI is InChI=1S/C32H42N2O9SSi/c1-8-45(9-2,10-3)42-17-16-21-14-15-25-27-22(21)12-11-13-24(27)33(44(25,38)39)18-23-19(4)28-26(20(5)43-32(37)41-7)30(35)34(28)29(23)31(36)40-6/h11-15,19-20,26,28H,8-10,16-18H2,1-7H3/t19-,20+,26+,28+/m0/s1. The molecule has 13 heteroatoms. The predicted octanol–water partition coefficient (Wildman–Crippen LogP) is 4.99. The molecule has 0 radical (unpaired) electrons. The summed E-state index contributed by atoms with van der Waals surface area (Å²) < 4.78 is 50.8. The van der Waals surface area contributed by atoms with Crippen molar-refractivity contribution in [1.29, 1.82) is 0 Å². The fourth-order valence-electron chi connectivity index (χ4n) is 7.26. The van der Waals surface area contributed by atoms with Crippen molar-refractivity contribution in [2.45, 2.75) is 76.2 Å². The van der Waals surface area contributed by atoms with Gasteiger partial charge in [-0.2, -0.15) is 0 Å². The van der Waals surface area contributed by atoms with Gasteiger partial charge >= 0.3 is 12.1 Å². The molecule has 11 nitrogen and oxygen atoms in total. The minimum absolute atomic E-state index is 0.0353. The number of anilines is 1. The summed E-state index contributed by atoms with van der Waals surface area (Å²) >= 11 is 0. The molecule has 3 aliphatic rings. The molecule has 0 aliphatic carbocycles. The number of carbonyl (C=O) groups is 3. The normalized spacial score (nSPS) is 22.4. The van der Waals surface area contributed by atoms with Gasteiger partial charge in [0.15, 0.2) is 8.32 Å². The molecule has 1 amide bonds. The molecule has 2 aromatic rings. The van der Waals surface area contributed by atoms with E-state index >= 15 is 0 Å². The molecule has 2 aromatic carbocycles. The maximum Gasteiger partial charge on any atom is 0.508 e. The number of sulfonamides is 1. The van der Waals surface area contributed by atoms with E-state index in [0.717, 1.165) is 29.1 Å². The second-order valence-corrected chi connectivity index (χ2v) is 18.5. The molecule has 1 saturated heterocycles. The van der Waals surface area contributed by atoms with Crippen LogP contribution >= 0.6 is 0 Å². The summed E-state index contributed by atoms with van der Waals surface area (Å²) in [6, 6.07) is 11.7. The highest BCUT2D eigenvalue weighted by molar-refractivity contribution is 7.93. The lowest BCUT2D eigenvalue weighted by Gasteiger charge is -2.47. The van der Waals surface area contributed by atoms with Crippen LogP contribution in [0.15, 0.2) is 46.5 Å². The maximum absolute atomic E-state index is 14.1. The van der Waals surface area contributed by atoms with Gasteiger partial charge in [-0.1, -0.05) is 45.9 Å². The average molecular weight is 659 g/mol. The molecule has 3 aliphatic heterocycles. The number of hydrogen-bond acceptors (Lipinski definition) is 9. The molecule has 1 fully saturated rings. The van der Waals surface area contributed by atoms with Crippen LogP contribution in [0.2, 0.25) is 18.1 Å². The average Bonchev–Trinajstić information content (AvgIpc) is 3.41. The Kier molecular flexibility index (Phi) is 9.08. The van der Waals surface area contributed by atoms with Crippen molar-refractivity contribution in [3.05, 3.63) is 47.2 Å². The van der Waals surface area contributed by atoms with Gasteiger partial charge in [0.25, 0.3) is 10.0 Å². The zero-order valence-electron chi connectivity index (χ0n) is 26.9. The van der Waals surface area contributed by atoms with Crippen LogP contribution in [-0.4, -0.2) is 79.2 Å². The molecule has 4 atom stereocenters. The molecule has 5 rings (SSSR count). The highest BCUT2D eigenvalue weighted by Crippen LogP contribution is 2.50. The van der Waals surface area contributed by atoms with Crippen molar-refractivity contribution < 1.29 is 41.4 Å². The van der Waals surface area contributed by atoms with Gasteiger partial charge in [-0.05, 0) is 60.1 Å². The summed E-state index contributed by atoms with van der Waals surface area (Å²) in [5.74, 6) is -2.28. The SMILES string of the molecule is CC[Si](CC)(CC)OCCc1ccc2c3c(cccc13)N(CC1=C(C(=O)OC)N3C(=O)[C@H]([C@@H](C)OC(=O)OC)[C@H]3[C@H]1C)S2(=O)=O. The Labute approximate surface area is 265 Å². The summed E-state index contributed by atoms with van der Waals surface area (Å²) in [6.07, 6.45) is -1.07. The zero-order chi connectivity index (χ0) is 32.8. The third kappa shape index (κ3) is 5.22. The Morgan fingerprint density at radius 2 is 1.71 bits per heavy atom. The van der Waals surface area contributed by atoms with Gasteiger partial charge in [-0.15, -0.1) is 0 Å². The lowest BCUT2D eigenvalue weighted by molar-refractivity contribution is -0.164. The van der Waals surface area contributed by atoms with E-state index in [-0.39, 0.29) is 17.1 Å². The Morgan fingerprint density at radius 1 is 1.02 bits per heavy atom. The predicted molar refractivity (Wildman–Crippen MR) is 171 cm³/mol. The number of β-lactam (4-membered cyclic amide) rings is 1. The molecule has 45 heavy (non-hydrogen) atoms. The molecule has 0 bridgehead atoms. The van der Waals surface area contributed by atoms with E-state index in [9.17, 15) is 22.8 Å². The molecule has 0 N–H and O–H groups in total. The molecule has 3 heterocycles. The van der Waals surface area contributed by atoms with E-state index in [1.807, 2.05) is 25.1 Å². The van der Waals surface area contributed by atoms with Gasteiger partial charge in [-0.25, -0.2) is 18.0 Å². The lowest BCUT2D eigenvalue weighted by Crippen LogP contribution is -2.64. The fraction of sp³-hybridized carbons (Fsp3) is 0.531. The third-order valence-electron chi connectivity index (χ3n) is 10.1. The Bertz CT molecular complexity index is 1660. The number of benzene rings is 2. The molecule has 244 valence electrons. The van der Waals surface area contributed by atoms with E-state index in [2.05, 4.69) is 25.5 Å². The van der Waals surface area contributed by atoms with Crippen LogP contribution in [0.5, 0.6) is 0 Å². The highest BCUT2D eigenvalue weighted by atomic mass is 32.2. The Morgan fingerprint density at radius 3 is 2.33 bits per heavy atom. The van der Waals surface area contributed by atoms with E-state index in [4.69, 9.17) is 13.9 Å². The Balaban J connectivity index is 1.48. The van der Waals surface area contributed by atoms with Crippen LogP contribution in [0, 0.1) is 11.8 Å². The molecule has 0 saturated carbocycles. The quantitative estimate of drug-likeness (QED) is 0.176. The number of rotatable bonds is 12. The fourth-order valence-corrected chi connectivity index (χ4v) is 11.6. The van der Waals surface area contributed by atoms with Gasteiger partial charge < -0.3 is 23.5 Å². The monoisotopic (exact) mass is 658 g/mol.